The Morgan fingerprint density at radius 1 is 1.10 bits per heavy atom. The number of nitrogens with zero attached hydrogens (tertiary/aromatic N) is 4. The molecule has 11 nitrogen and oxygen atoms in total. The van der Waals surface area contributed by atoms with E-state index in [-0.39, 0.29) is 29.4 Å². The van der Waals surface area contributed by atoms with E-state index in [9.17, 15) is 18.0 Å². The summed E-state index contributed by atoms with van der Waals surface area (Å²) in [6.45, 7) is 7.83. The third kappa shape index (κ3) is 6.46. The molecular formula is C27H29ClN6O5S. The van der Waals surface area contributed by atoms with E-state index in [0.29, 0.717) is 29.1 Å². The molecule has 0 unspecified atom stereocenters. The first-order valence-corrected chi connectivity index (χ1v) is 14.4. The molecule has 2 N–H and O–H groups in total. The minimum absolute atomic E-state index is 0.142. The molecule has 2 aromatic carbocycles. The number of rotatable bonds is 10. The summed E-state index contributed by atoms with van der Waals surface area (Å²) in [5, 5.41) is 10.9. The number of carbonyl (C=O) groups excluding carboxylic acids is 2. The van der Waals surface area contributed by atoms with Crippen molar-refractivity contribution in [1.82, 2.24) is 30.0 Å². The number of amides is 1. The highest BCUT2D eigenvalue weighted by atomic mass is 35.5. The number of aromatic nitrogens is 4. The summed E-state index contributed by atoms with van der Waals surface area (Å²) in [5.41, 5.74) is 1.67. The highest BCUT2D eigenvalue weighted by Crippen LogP contribution is 2.23. The van der Waals surface area contributed by atoms with Gasteiger partial charge in [-0.2, -0.15) is 10.1 Å². The van der Waals surface area contributed by atoms with Gasteiger partial charge in [-0.25, -0.2) is 13.1 Å². The van der Waals surface area contributed by atoms with Crippen molar-refractivity contribution >= 4 is 33.3 Å². The Labute approximate surface area is 237 Å². The second kappa shape index (κ2) is 11.7. The lowest BCUT2D eigenvalue weighted by molar-refractivity contribution is 0.0925. The molecule has 0 radical (unpaired) electrons. The largest absolute Gasteiger partial charge is 0.358 e. The number of hydrogen-bond acceptors (Lipinski definition) is 8. The van der Waals surface area contributed by atoms with Crippen molar-refractivity contribution in [1.29, 1.82) is 0 Å². The average Bonchev–Trinajstić information content (AvgIpc) is 3.57. The van der Waals surface area contributed by atoms with Gasteiger partial charge in [-0.1, -0.05) is 60.1 Å². The molecule has 13 heteroatoms. The predicted octanol–water partition coefficient (Wildman–Crippen LogP) is 3.84. The molecule has 0 saturated heterocycles. The van der Waals surface area contributed by atoms with E-state index in [4.69, 9.17) is 16.1 Å². The Balaban J connectivity index is 1.46. The van der Waals surface area contributed by atoms with Crippen LogP contribution >= 0.6 is 11.6 Å². The molecule has 40 heavy (non-hydrogen) atoms. The van der Waals surface area contributed by atoms with Gasteiger partial charge in [0, 0.05) is 29.2 Å². The Bertz CT molecular complexity index is 1640. The fourth-order valence-electron chi connectivity index (χ4n) is 3.94. The molecule has 0 aliphatic heterocycles. The van der Waals surface area contributed by atoms with E-state index in [2.05, 4.69) is 25.3 Å². The van der Waals surface area contributed by atoms with Crippen molar-refractivity contribution in [2.45, 2.75) is 44.9 Å². The van der Waals surface area contributed by atoms with Crippen molar-refractivity contribution < 1.29 is 22.5 Å². The van der Waals surface area contributed by atoms with Gasteiger partial charge in [-0.3, -0.25) is 14.3 Å². The lowest BCUT2D eigenvalue weighted by Gasteiger charge is -2.22. The van der Waals surface area contributed by atoms with Crippen LogP contribution in [0.1, 0.15) is 59.7 Å². The summed E-state index contributed by atoms with van der Waals surface area (Å²) >= 11 is 6.07. The van der Waals surface area contributed by atoms with Gasteiger partial charge in [0.1, 0.15) is 5.69 Å². The molecule has 0 fully saturated rings. The quantitative estimate of drug-likeness (QED) is 0.267. The lowest BCUT2D eigenvalue weighted by Crippen LogP contribution is -2.34. The highest BCUT2D eigenvalue weighted by molar-refractivity contribution is 7.89. The highest BCUT2D eigenvalue weighted by Gasteiger charge is 2.29. The monoisotopic (exact) mass is 584 g/mol. The molecule has 0 aliphatic carbocycles. The maximum atomic E-state index is 13.3. The first kappa shape index (κ1) is 29.1. The van der Waals surface area contributed by atoms with E-state index in [0.717, 1.165) is 5.56 Å². The van der Waals surface area contributed by atoms with E-state index in [1.54, 1.807) is 48.0 Å². The van der Waals surface area contributed by atoms with Crippen LogP contribution < -0.4 is 10.0 Å². The zero-order chi connectivity index (χ0) is 29.1. The topological polar surface area (TPSA) is 149 Å². The van der Waals surface area contributed by atoms with Crippen LogP contribution in [-0.4, -0.2) is 53.1 Å². The van der Waals surface area contributed by atoms with Crippen molar-refractivity contribution in [3.63, 3.8) is 0 Å². The van der Waals surface area contributed by atoms with Crippen LogP contribution in [0.15, 0.2) is 64.5 Å². The van der Waals surface area contributed by atoms with Gasteiger partial charge in [-0.15, -0.1) is 0 Å². The van der Waals surface area contributed by atoms with E-state index in [1.165, 1.54) is 6.20 Å². The van der Waals surface area contributed by atoms with Crippen molar-refractivity contribution in [2.75, 3.05) is 13.1 Å². The van der Waals surface area contributed by atoms with Crippen LogP contribution in [-0.2, 0) is 22.0 Å². The number of sulfonamides is 1. The Kier molecular flexibility index (Phi) is 8.52. The molecule has 0 bridgehead atoms. The number of carbonyl (C=O) groups is 2. The molecule has 0 spiro atoms. The van der Waals surface area contributed by atoms with Crippen molar-refractivity contribution in [2.24, 2.45) is 0 Å². The minimum atomic E-state index is -3.85. The maximum absolute atomic E-state index is 13.3. The number of halogens is 1. The molecule has 4 aromatic rings. The third-order valence-corrected chi connectivity index (χ3v) is 7.36. The van der Waals surface area contributed by atoms with E-state index < -0.39 is 26.7 Å². The standard InChI is InChI=1S/C27H29ClN6O5S/c1-5-31-40(37,38)26-32-24(33-39-26)18-11-9-17(10-12-18)13-14-29-25(36)22-21(16-30-34(22)27(2,3)4)23(35)19-7-6-8-20(28)15-19/h6-12,15-16,31H,5,13-14H2,1-4H3,(H,29,36). The van der Waals surface area contributed by atoms with Crippen LogP contribution in [0.25, 0.3) is 11.4 Å². The number of benzene rings is 2. The molecule has 4 rings (SSSR count). The average molecular weight is 585 g/mol. The normalized spacial score (nSPS) is 11.9. The molecule has 0 saturated carbocycles. The number of ketones is 1. The second-order valence-electron chi connectivity index (χ2n) is 9.92. The van der Waals surface area contributed by atoms with Gasteiger partial charge in [0.2, 0.25) is 5.82 Å². The fraction of sp³-hybridized carbons (Fsp3) is 0.296. The molecule has 0 atom stereocenters. The molecule has 0 aliphatic rings. The smallest absolute Gasteiger partial charge is 0.350 e. The second-order valence-corrected chi connectivity index (χ2v) is 12.0. The lowest BCUT2D eigenvalue weighted by atomic mass is 10.0. The Hall–Kier alpha value is -3.87. The van der Waals surface area contributed by atoms with Gasteiger partial charge in [0.25, 0.3) is 15.9 Å². The minimum Gasteiger partial charge on any atom is -0.350 e. The SMILES string of the molecule is CCNS(=O)(=O)c1nc(-c2ccc(CCNC(=O)c3c(C(=O)c4cccc(Cl)c4)cnn3C(C)(C)C)cc2)no1. The zero-order valence-electron chi connectivity index (χ0n) is 22.4. The van der Waals surface area contributed by atoms with E-state index >= 15 is 0 Å². The van der Waals surface area contributed by atoms with Gasteiger partial charge in [-0.05, 0) is 44.9 Å². The van der Waals surface area contributed by atoms with Crippen molar-refractivity contribution in [3.05, 3.63) is 82.1 Å². The molecular weight excluding hydrogens is 556 g/mol. The third-order valence-electron chi connectivity index (χ3n) is 5.83. The number of nitrogens with one attached hydrogen (secondary N) is 2. The number of hydrogen-bond donors (Lipinski definition) is 2. The molecule has 1 amide bonds. The van der Waals surface area contributed by atoms with Crippen LogP contribution in [0.2, 0.25) is 5.02 Å². The van der Waals surface area contributed by atoms with Gasteiger partial charge >= 0.3 is 5.22 Å². The van der Waals surface area contributed by atoms with E-state index in [1.807, 2.05) is 32.9 Å². The predicted molar refractivity (Wildman–Crippen MR) is 149 cm³/mol. The Morgan fingerprint density at radius 3 is 2.48 bits per heavy atom. The van der Waals surface area contributed by atoms with Crippen LogP contribution in [0.3, 0.4) is 0 Å². The fourth-order valence-corrected chi connectivity index (χ4v) is 4.98. The summed E-state index contributed by atoms with van der Waals surface area (Å²) in [6.07, 6.45) is 1.91. The zero-order valence-corrected chi connectivity index (χ0v) is 24.0. The summed E-state index contributed by atoms with van der Waals surface area (Å²) < 4.78 is 32.8. The van der Waals surface area contributed by atoms with Gasteiger partial charge in [0.05, 0.1) is 17.3 Å². The van der Waals surface area contributed by atoms with Crippen LogP contribution in [0, 0.1) is 0 Å². The summed E-state index contributed by atoms with van der Waals surface area (Å²) in [4.78, 5) is 30.5. The summed E-state index contributed by atoms with van der Waals surface area (Å²) in [5.74, 6) is -0.624. The van der Waals surface area contributed by atoms with Gasteiger partial charge < -0.3 is 9.84 Å². The maximum Gasteiger partial charge on any atom is 0.358 e. The van der Waals surface area contributed by atoms with Gasteiger partial charge in [0.15, 0.2) is 5.78 Å². The van der Waals surface area contributed by atoms with Crippen LogP contribution in [0.4, 0.5) is 0 Å². The first-order valence-electron chi connectivity index (χ1n) is 12.5. The first-order chi connectivity index (χ1) is 18.9. The summed E-state index contributed by atoms with van der Waals surface area (Å²) in [7, 11) is -3.85. The Morgan fingerprint density at radius 2 is 1.82 bits per heavy atom. The molecule has 2 heterocycles. The molecule has 2 aromatic heterocycles. The van der Waals surface area contributed by atoms with Crippen LogP contribution in [0.5, 0.6) is 0 Å². The van der Waals surface area contributed by atoms with Crippen molar-refractivity contribution in [3.8, 4) is 11.4 Å². The molecule has 210 valence electrons. The summed E-state index contributed by atoms with van der Waals surface area (Å²) in [6, 6.07) is 13.7.